The summed E-state index contributed by atoms with van der Waals surface area (Å²) < 4.78 is 0. The van der Waals surface area contributed by atoms with Gasteiger partial charge in [-0.2, -0.15) is 0 Å². The third-order valence-electron chi connectivity index (χ3n) is 8.81. The second-order valence-corrected chi connectivity index (χ2v) is 9.47. The number of hydrogen-bond donors (Lipinski definition) is 4. The molecule has 3 aliphatic carbocycles. The van der Waals surface area contributed by atoms with Crippen LogP contribution in [0.25, 0.3) is 0 Å². The number of likely N-dealkylation sites (tertiary alicyclic amines) is 1. The number of nitrogens with zero attached hydrogens (tertiary/aromatic N) is 1. The molecule has 0 aromatic carbocycles. The number of quaternary nitrogens is 1. The van der Waals surface area contributed by atoms with Gasteiger partial charge < -0.3 is 26.1 Å². The highest BCUT2D eigenvalue weighted by Crippen LogP contribution is 2.75. The molecule has 7 heteroatoms. The van der Waals surface area contributed by atoms with Gasteiger partial charge in [-0.25, -0.2) is 4.99 Å². The van der Waals surface area contributed by atoms with Crippen LogP contribution in [0.1, 0.15) is 39.0 Å². The Morgan fingerprint density at radius 3 is 2.82 bits per heavy atom. The molecule has 2 bridgehead atoms. The van der Waals surface area contributed by atoms with E-state index in [4.69, 9.17) is 5.73 Å². The van der Waals surface area contributed by atoms with Crippen molar-refractivity contribution in [3.8, 4) is 0 Å². The number of hydrogen-bond acceptors (Lipinski definition) is 5. The summed E-state index contributed by atoms with van der Waals surface area (Å²) in [6.45, 7) is 4.99. The lowest BCUT2D eigenvalue weighted by molar-refractivity contribution is -0.828. The first kappa shape index (κ1) is 19.9. The van der Waals surface area contributed by atoms with Crippen molar-refractivity contribution in [2.45, 2.75) is 45.1 Å². The Hall–Kier alpha value is -1.44. The normalized spacial score (nSPS) is 45.6. The molecular formula is C21H34N4O3. The minimum Gasteiger partial charge on any atom is -0.545 e. The number of piperidine rings is 1. The molecule has 2 spiro atoms. The molecule has 3 fully saturated rings. The molecule has 1 saturated heterocycles. The van der Waals surface area contributed by atoms with Crippen molar-refractivity contribution in [2.75, 3.05) is 33.7 Å². The fourth-order valence-corrected chi connectivity index (χ4v) is 7.90. The van der Waals surface area contributed by atoms with Crippen molar-refractivity contribution in [1.29, 1.82) is 0 Å². The van der Waals surface area contributed by atoms with E-state index in [-0.39, 0.29) is 16.4 Å². The molecule has 7 nitrogen and oxygen atoms in total. The smallest absolute Gasteiger partial charge is 0.293 e. The SMILES string of the molecule is CN=C(N)[NH+]1CCC(CNC)C2(C1)C1CCC(C)C23CC(O)C(C(=O)[O-])=C3C1. The fourth-order valence-electron chi connectivity index (χ4n) is 7.90. The first-order valence-corrected chi connectivity index (χ1v) is 10.7. The van der Waals surface area contributed by atoms with E-state index in [9.17, 15) is 15.0 Å². The molecule has 0 aromatic heterocycles. The van der Waals surface area contributed by atoms with Crippen molar-refractivity contribution in [3.05, 3.63) is 11.1 Å². The first-order valence-electron chi connectivity index (χ1n) is 10.7. The third-order valence-corrected chi connectivity index (χ3v) is 8.81. The number of carboxylic acid groups (broad SMARTS) is 1. The summed E-state index contributed by atoms with van der Waals surface area (Å²) in [7, 11) is 3.73. The van der Waals surface area contributed by atoms with Gasteiger partial charge in [0.1, 0.15) is 0 Å². The number of guanidine groups is 1. The Kier molecular flexibility index (Phi) is 4.83. The highest BCUT2D eigenvalue weighted by molar-refractivity contribution is 5.88. The Morgan fingerprint density at radius 2 is 2.18 bits per heavy atom. The van der Waals surface area contributed by atoms with Crippen molar-refractivity contribution in [2.24, 2.45) is 39.3 Å². The Labute approximate surface area is 167 Å². The summed E-state index contributed by atoms with van der Waals surface area (Å²) in [5.41, 5.74) is 7.11. The molecule has 28 heavy (non-hydrogen) atoms. The van der Waals surface area contributed by atoms with Gasteiger partial charge >= 0.3 is 0 Å². The van der Waals surface area contributed by atoms with E-state index >= 15 is 0 Å². The Bertz CT molecular complexity index is 735. The number of aliphatic imine (C=N–C) groups is 1. The van der Waals surface area contributed by atoms with Crippen molar-refractivity contribution >= 4 is 11.9 Å². The molecule has 7 atom stereocenters. The predicted octanol–water partition coefficient (Wildman–Crippen LogP) is -1.71. The molecular weight excluding hydrogens is 356 g/mol. The molecule has 0 amide bonds. The van der Waals surface area contributed by atoms with Crippen LogP contribution in [0.4, 0.5) is 0 Å². The number of rotatable bonds is 3. The molecule has 4 rings (SSSR count). The number of carbonyl (C=O) groups is 1. The molecule has 1 heterocycles. The van der Waals surface area contributed by atoms with Gasteiger partial charge in [0.05, 0.1) is 25.2 Å². The van der Waals surface area contributed by atoms with Gasteiger partial charge in [0.2, 0.25) is 0 Å². The number of carbonyl (C=O) groups excluding carboxylic acids is 1. The molecule has 5 N–H and O–H groups in total. The quantitative estimate of drug-likeness (QED) is 0.338. The highest BCUT2D eigenvalue weighted by Gasteiger charge is 2.73. The van der Waals surface area contributed by atoms with Crippen molar-refractivity contribution < 1.29 is 19.9 Å². The number of nitrogens with one attached hydrogen (secondary N) is 2. The number of aliphatic hydroxyl groups is 1. The number of aliphatic hydroxyl groups excluding tert-OH is 1. The number of aliphatic carboxylic acids is 1. The molecule has 156 valence electrons. The van der Waals surface area contributed by atoms with Gasteiger partial charge in [0.15, 0.2) is 0 Å². The lowest BCUT2D eigenvalue weighted by Crippen LogP contribution is -3.19. The predicted molar refractivity (Wildman–Crippen MR) is 104 cm³/mol. The van der Waals surface area contributed by atoms with Crippen molar-refractivity contribution in [3.63, 3.8) is 0 Å². The number of allylic oxidation sites excluding steroid dienone is 1. The van der Waals surface area contributed by atoms with Gasteiger partial charge in [-0.3, -0.25) is 4.90 Å². The summed E-state index contributed by atoms with van der Waals surface area (Å²) in [6.07, 6.45) is 3.60. The van der Waals surface area contributed by atoms with Crippen molar-refractivity contribution in [1.82, 2.24) is 5.32 Å². The maximum Gasteiger partial charge on any atom is 0.293 e. The van der Waals surface area contributed by atoms with E-state index in [1.807, 2.05) is 7.05 Å². The molecule has 1 aliphatic heterocycles. The van der Waals surface area contributed by atoms with Crippen LogP contribution in [0.3, 0.4) is 0 Å². The molecule has 0 radical (unpaired) electrons. The van der Waals surface area contributed by atoms with Gasteiger partial charge in [-0.05, 0) is 57.0 Å². The Balaban J connectivity index is 1.91. The van der Waals surface area contributed by atoms with Gasteiger partial charge in [0, 0.05) is 29.9 Å². The maximum atomic E-state index is 12.0. The van der Waals surface area contributed by atoms with Crippen LogP contribution in [-0.4, -0.2) is 56.9 Å². The van der Waals surface area contributed by atoms with Crippen LogP contribution >= 0.6 is 0 Å². The van der Waals surface area contributed by atoms with Gasteiger partial charge in [0.25, 0.3) is 5.96 Å². The van der Waals surface area contributed by atoms with Crippen LogP contribution in [-0.2, 0) is 4.79 Å². The van der Waals surface area contributed by atoms with Crippen LogP contribution in [0.5, 0.6) is 0 Å². The monoisotopic (exact) mass is 390 g/mol. The zero-order valence-corrected chi connectivity index (χ0v) is 17.3. The van der Waals surface area contributed by atoms with E-state index in [0.717, 1.165) is 50.9 Å². The van der Waals surface area contributed by atoms with E-state index in [0.29, 0.717) is 30.1 Å². The van der Waals surface area contributed by atoms with Crippen LogP contribution in [0, 0.1) is 28.6 Å². The maximum absolute atomic E-state index is 12.0. The lowest BCUT2D eigenvalue weighted by atomic mass is 9.45. The fraction of sp³-hybridized carbons (Fsp3) is 0.810. The van der Waals surface area contributed by atoms with E-state index in [1.54, 1.807) is 7.05 Å². The lowest BCUT2D eigenvalue weighted by Gasteiger charge is -2.60. The molecule has 0 aromatic rings. The van der Waals surface area contributed by atoms with E-state index in [2.05, 4.69) is 17.2 Å². The zero-order chi connectivity index (χ0) is 20.3. The average Bonchev–Trinajstić information content (AvgIpc) is 3.03. The first-order chi connectivity index (χ1) is 13.3. The standard InChI is InChI=1S/C21H34N4O3/c1-12-4-5-13-8-15-17(18(27)28)16(26)9-20(12,15)21(13)11-25(19(22)24-3)7-6-14(21)10-23-2/h12-14,16,23,26H,4-11H2,1-3H3,(H2,22,24)(H,27,28). The topological polar surface area (TPSA) is 115 Å². The van der Waals surface area contributed by atoms with Gasteiger partial charge in [-0.15, -0.1) is 0 Å². The third kappa shape index (κ3) is 2.33. The summed E-state index contributed by atoms with van der Waals surface area (Å²) in [5.74, 6) is 0.657. The number of carboxylic acids is 1. The average molecular weight is 391 g/mol. The molecule has 7 unspecified atom stereocenters. The largest absolute Gasteiger partial charge is 0.545 e. The van der Waals surface area contributed by atoms with E-state index < -0.39 is 12.1 Å². The summed E-state index contributed by atoms with van der Waals surface area (Å²) in [4.78, 5) is 17.4. The van der Waals surface area contributed by atoms with Crippen LogP contribution < -0.4 is 21.1 Å². The zero-order valence-electron chi connectivity index (χ0n) is 17.3. The minimum absolute atomic E-state index is 0.0654. The highest BCUT2D eigenvalue weighted by atomic mass is 16.4. The second kappa shape index (κ2) is 6.82. The van der Waals surface area contributed by atoms with E-state index in [1.165, 1.54) is 4.90 Å². The molecule has 2 saturated carbocycles. The number of nitrogens with two attached hydrogens (primary N) is 1. The summed E-state index contributed by atoms with van der Waals surface area (Å²) >= 11 is 0. The summed E-state index contributed by atoms with van der Waals surface area (Å²) in [6, 6.07) is 0. The van der Waals surface area contributed by atoms with Gasteiger partial charge in [-0.1, -0.05) is 12.5 Å². The second-order valence-electron chi connectivity index (χ2n) is 9.47. The van der Waals surface area contributed by atoms with Crippen LogP contribution in [0.2, 0.25) is 0 Å². The van der Waals surface area contributed by atoms with Crippen LogP contribution in [0.15, 0.2) is 16.1 Å². The molecule has 4 aliphatic rings. The summed E-state index contributed by atoms with van der Waals surface area (Å²) in [5, 5.41) is 26.1. The minimum atomic E-state index is -1.19. The Morgan fingerprint density at radius 1 is 1.43 bits per heavy atom.